The van der Waals surface area contributed by atoms with Crippen molar-refractivity contribution in [1.29, 1.82) is 0 Å². The van der Waals surface area contributed by atoms with Crippen molar-refractivity contribution in [3.8, 4) is 5.75 Å². The van der Waals surface area contributed by atoms with Crippen LogP contribution in [0.4, 0.5) is 5.95 Å². The molecule has 0 spiro atoms. The lowest BCUT2D eigenvalue weighted by Crippen LogP contribution is -2.50. The van der Waals surface area contributed by atoms with Gasteiger partial charge in [-0.2, -0.15) is 0 Å². The normalized spacial score (nSPS) is 16.4. The number of hydrogen-bond acceptors (Lipinski definition) is 6. The van der Waals surface area contributed by atoms with Gasteiger partial charge >= 0.3 is 0 Å². The molecule has 1 saturated heterocycles. The summed E-state index contributed by atoms with van der Waals surface area (Å²) in [7, 11) is 1.81. The number of aryl methyl sites for hydroxylation is 2. The average Bonchev–Trinajstić information content (AvgIpc) is 3.20. The molecular weight excluding hydrogens is 436 g/mol. The van der Waals surface area contributed by atoms with E-state index in [2.05, 4.69) is 4.90 Å². The maximum Gasteiger partial charge on any atom is 0.263 e. The number of hydrogen-bond donors (Lipinski definition) is 0. The molecule has 0 radical (unpaired) electrons. The quantitative estimate of drug-likeness (QED) is 0.588. The van der Waals surface area contributed by atoms with Gasteiger partial charge in [-0.15, -0.1) is 11.3 Å². The first kappa shape index (κ1) is 21.9. The first-order valence-corrected chi connectivity index (χ1v) is 12.6. The average molecular weight is 467 g/mol. The number of carbonyl (C=O) groups is 1. The molecule has 1 aromatic carbocycles. The van der Waals surface area contributed by atoms with Crippen LogP contribution in [0.2, 0.25) is 0 Å². The molecule has 7 nitrogen and oxygen atoms in total. The van der Waals surface area contributed by atoms with Gasteiger partial charge in [0.15, 0.2) is 0 Å². The van der Waals surface area contributed by atoms with Gasteiger partial charge in [0.2, 0.25) is 5.95 Å². The number of carbonyl (C=O) groups excluding carboxylic acids is 1. The number of piperazine rings is 1. The van der Waals surface area contributed by atoms with Gasteiger partial charge in [0, 0.05) is 43.7 Å². The van der Waals surface area contributed by atoms with Crippen molar-refractivity contribution in [1.82, 2.24) is 14.5 Å². The number of rotatable bonds is 4. The molecule has 8 heteroatoms. The molecule has 1 aliphatic heterocycles. The van der Waals surface area contributed by atoms with Crippen molar-refractivity contribution >= 4 is 33.4 Å². The Labute approximate surface area is 197 Å². The summed E-state index contributed by atoms with van der Waals surface area (Å²) in [6.45, 7) is 6.45. The number of fused-ring (bicyclic) bond motifs is 3. The Morgan fingerprint density at radius 2 is 1.76 bits per heavy atom. The van der Waals surface area contributed by atoms with Crippen molar-refractivity contribution < 1.29 is 9.53 Å². The zero-order chi connectivity index (χ0) is 23.1. The zero-order valence-corrected chi connectivity index (χ0v) is 20.3. The second kappa shape index (κ2) is 8.82. The number of aromatic nitrogens is 2. The van der Waals surface area contributed by atoms with Gasteiger partial charge < -0.3 is 14.5 Å². The van der Waals surface area contributed by atoms with E-state index in [9.17, 15) is 9.59 Å². The molecule has 1 fully saturated rings. The monoisotopic (exact) mass is 466 g/mol. The maximum atomic E-state index is 13.2. The van der Waals surface area contributed by atoms with E-state index in [4.69, 9.17) is 9.72 Å². The highest BCUT2D eigenvalue weighted by Crippen LogP contribution is 2.34. The minimum absolute atomic E-state index is 0.0222. The van der Waals surface area contributed by atoms with Gasteiger partial charge in [0.05, 0.1) is 11.5 Å². The third-order valence-corrected chi connectivity index (χ3v) is 7.68. The second-order valence-corrected chi connectivity index (χ2v) is 10.2. The molecule has 0 unspecified atom stereocenters. The predicted molar refractivity (Wildman–Crippen MR) is 132 cm³/mol. The highest BCUT2D eigenvalue weighted by atomic mass is 32.1. The predicted octanol–water partition coefficient (Wildman–Crippen LogP) is 3.62. The topological polar surface area (TPSA) is 67.7 Å². The first-order valence-electron chi connectivity index (χ1n) is 11.7. The van der Waals surface area contributed by atoms with Gasteiger partial charge in [0.1, 0.15) is 10.6 Å². The van der Waals surface area contributed by atoms with Crippen LogP contribution in [0, 0.1) is 0 Å². The van der Waals surface area contributed by atoms with Crippen LogP contribution in [0.1, 0.15) is 47.5 Å². The van der Waals surface area contributed by atoms with E-state index in [0.717, 1.165) is 35.2 Å². The Balaban J connectivity index is 1.31. The van der Waals surface area contributed by atoms with E-state index in [0.29, 0.717) is 37.7 Å². The van der Waals surface area contributed by atoms with Gasteiger partial charge in [-0.3, -0.25) is 14.2 Å². The molecule has 1 aliphatic carbocycles. The standard InChI is InChI=1S/C25H30N4O3S/c1-16(2)32-18-10-8-17(9-11-18)23(30)28-12-14-29(15-13-28)25-26-22-21(24(31)27(25)3)19-6-4-5-7-20(19)33-22/h8-11,16H,4-7,12-15H2,1-3H3. The molecule has 3 heterocycles. The Morgan fingerprint density at radius 3 is 2.45 bits per heavy atom. The lowest BCUT2D eigenvalue weighted by Gasteiger charge is -2.35. The van der Waals surface area contributed by atoms with E-state index < -0.39 is 0 Å². The second-order valence-electron chi connectivity index (χ2n) is 9.14. The highest BCUT2D eigenvalue weighted by molar-refractivity contribution is 7.18. The Kier molecular flexibility index (Phi) is 5.86. The van der Waals surface area contributed by atoms with Crippen LogP contribution >= 0.6 is 11.3 Å². The van der Waals surface area contributed by atoms with Crippen molar-refractivity contribution in [3.63, 3.8) is 0 Å². The van der Waals surface area contributed by atoms with Crippen LogP contribution in [-0.4, -0.2) is 52.6 Å². The van der Waals surface area contributed by atoms with Gasteiger partial charge in [0.25, 0.3) is 11.5 Å². The summed E-state index contributed by atoms with van der Waals surface area (Å²) in [4.78, 5) is 37.3. The maximum absolute atomic E-state index is 13.2. The summed E-state index contributed by atoms with van der Waals surface area (Å²) >= 11 is 1.68. The van der Waals surface area contributed by atoms with Gasteiger partial charge in [-0.25, -0.2) is 4.98 Å². The Hall–Kier alpha value is -2.87. The van der Waals surface area contributed by atoms with E-state index in [1.54, 1.807) is 15.9 Å². The van der Waals surface area contributed by atoms with E-state index in [-0.39, 0.29) is 17.6 Å². The largest absolute Gasteiger partial charge is 0.491 e. The van der Waals surface area contributed by atoms with Gasteiger partial charge in [-0.1, -0.05) is 0 Å². The van der Waals surface area contributed by atoms with Crippen molar-refractivity contribution in [3.05, 3.63) is 50.6 Å². The van der Waals surface area contributed by atoms with Crippen LogP contribution in [0.3, 0.4) is 0 Å². The third kappa shape index (κ3) is 4.12. The van der Waals surface area contributed by atoms with Gasteiger partial charge in [-0.05, 0) is 69.4 Å². The molecule has 0 atom stereocenters. The van der Waals surface area contributed by atoms with Crippen molar-refractivity contribution in [2.45, 2.75) is 45.6 Å². The molecule has 2 aromatic heterocycles. The lowest BCUT2D eigenvalue weighted by molar-refractivity contribution is 0.0746. The van der Waals surface area contributed by atoms with Crippen molar-refractivity contribution in [2.24, 2.45) is 7.05 Å². The minimum Gasteiger partial charge on any atom is -0.491 e. The molecule has 2 aliphatic rings. The number of thiophene rings is 1. The molecular formula is C25H30N4O3S. The molecule has 5 rings (SSSR count). The number of amides is 1. The fraction of sp³-hybridized carbons (Fsp3) is 0.480. The summed E-state index contributed by atoms with van der Waals surface area (Å²) in [6, 6.07) is 7.34. The summed E-state index contributed by atoms with van der Waals surface area (Å²) in [6.07, 6.45) is 4.48. The molecule has 3 aromatic rings. The Bertz CT molecular complexity index is 1240. The summed E-state index contributed by atoms with van der Waals surface area (Å²) in [5.74, 6) is 1.49. The highest BCUT2D eigenvalue weighted by Gasteiger charge is 2.27. The van der Waals surface area contributed by atoms with Crippen LogP contribution in [-0.2, 0) is 19.9 Å². The number of nitrogens with zero attached hydrogens (tertiary/aromatic N) is 4. The lowest BCUT2D eigenvalue weighted by atomic mass is 9.97. The summed E-state index contributed by atoms with van der Waals surface area (Å²) < 4.78 is 7.36. The number of ether oxygens (including phenoxy) is 1. The molecule has 1 amide bonds. The SMILES string of the molecule is CC(C)Oc1ccc(C(=O)N2CCN(c3nc4sc5c(c4c(=O)n3C)CCCC5)CC2)cc1. The summed E-state index contributed by atoms with van der Waals surface area (Å²) in [5.41, 5.74) is 1.94. The first-order chi connectivity index (χ1) is 15.9. The minimum atomic E-state index is 0.0222. The van der Waals surface area contributed by atoms with Crippen LogP contribution < -0.4 is 15.2 Å². The summed E-state index contributed by atoms with van der Waals surface area (Å²) in [5, 5.41) is 0.819. The van der Waals surface area contributed by atoms with Crippen LogP contribution in [0.5, 0.6) is 5.75 Å². The molecule has 0 N–H and O–H groups in total. The number of anilines is 1. The smallest absolute Gasteiger partial charge is 0.263 e. The zero-order valence-electron chi connectivity index (χ0n) is 19.5. The van der Waals surface area contributed by atoms with Crippen LogP contribution in [0.25, 0.3) is 10.2 Å². The van der Waals surface area contributed by atoms with E-state index in [1.165, 1.54) is 16.9 Å². The molecule has 33 heavy (non-hydrogen) atoms. The fourth-order valence-corrected chi connectivity index (χ4v) is 6.05. The van der Waals surface area contributed by atoms with E-state index >= 15 is 0 Å². The molecule has 0 saturated carbocycles. The van der Waals surface area contributed by atoms with Crippen molar-refractivity contribution in [2.75, 3.05) is 31.1 Å². The van der Waals surface area contributed by atoms with E-state index in [1.807, 2.05) is 50.1 Å². The molecule has 174 valence electrons. The number of benzene rings is 1. The third-order valence-electron chi connectivity index (χ3n) is 6.50. The Morgan fingerprint density at radius 1 is 1.06 bits per heavy atom. The molecule has 0 bridgehead atoms. The fourth-order valence-electron chi connectivity index (χ4n) is 4.80. The van der Waals surface area contributed by atoms with Crippen LogP contribution in [0.15, 0.2) is 29.1 Å².